The third-order valence-corrected chi connectivity index (χ3v) is 4.77. The highest BCUT2D eigenvalue weighted by Gasteiger charge is 2.25. The number of nitrogens with zero attached hydrogens (tertiary/aromatic N) is 1. The Kier molecular flexibility index (Phi) is 10.4. The zero-order valence-corrected chi connectivity index (χ0v) is 14.3. The summed E-state index contributed by atoms with van der Waals surface area (Å²) in [4.78, 5) is 2.77. The third kappa shape index (κ3) is 7.08. The van der Waals surface area contributed by atoms with E-state index in [4.69, 9.17) is 0 Å². The minimum atomic E-state index is 0.743. The zero-order chi connectivity index (χ0) is 14.6. The van der Waals surface area contributed by atoms with Gasteiger partial charge in [-0.3, -0.25) is 4.90 Å². The van der Waals surface area contributed by atoms with Crippen molar-refractivity contribution in [2.24, 2.45) is 0 Å². The van der Waals surface area contributed by atoms with Gasteiger partial charge in [0.05, 0.1) is 0 Å². The van der Waals surface area contributed by atoms with Gasteiger partial charge in [-0.15, -0.1) is 0 Å². The molecule has 2 unspecified atom stereocenters. The molecule has 0 aromatic rings. The lowest BCUT2D eigenvalue weighted by atomic mass is 10.0. The highest BCUT2D eigenvalue weighted by atomic mass is 15.2. The van der Waals surface area contributed by atoms with Crippen molar-refractivity contribution in [2.45, 2.75) is 97.1 Å². The number of rotatable bonds is 11. The van der Waals surface area contributed by atoms with Crippen LogP contribution < -0.4 is 5.32 Å². The number of hydrogen-bond acceptors (Lipinski definition) is 2. The summed E-state index contributed by atoms with van der Waals surface area (Å²) in [6, 6.07) is 1.52. The Balaban J connectivity index is 2.14. The van der Waals surface area contributed by atoms with E-state index < -0.39 is 0 Å². The molecule has 1 fully saturated rings. The van der Waals surface area contributed by atoms with E-state index in [9.17, 15) is 0 Å². The Morgan fingerprint density at radius 2 is 1.60 bits per heavy atom. The van der Waals surface area contributed by atoms with E-state index in [-0.39, 0.29) is 0 Å². The molecule has 120 valence electrons. The van der Waals surface area contributed by atoms with E-state index in [1.165, 1.54) is 83.8 Å². The molecule has 0 aromatic heterocycles. The van der Waals surface area contributed by atoms with Crippen LogP contribution in [0, 0.1) is 0 Å². The molecule has 20 heavy (non-hydrogen) atoms. The average Bonchev–Trinajstić information content (AvgIpc) is 2.47. The van der Waals surface area contributed by atoms with Gasteiger partial charge < -0.3 is 5.32 Å². The molecule has 0 bridgehead atoms. The topological polar surface area (TPSA) is 15.3 Å². The van der Waals surface area contributed by atoms with Gasteiger partial charge in [-0.1, -0.05) is 65.7 Å². The van der Waals surface area contributed by atoms with Crippen LogP contribution in [0.1, 0.15) is 85.0 Å². The van der Waals surface area contributed by atoms with Crippen LogP contribution >= 0.6 is 0 Å². The number of unbranched alkanes of at least 4 members (excludes halogenated alkanes) is 6. The second-order valence-corrected chi connectivity index (χ2v) is 6.57. The molecule has 1 aliphatic heterocycles. The largest absolute Gasteiger partial charge is 0.311 e. The second-order valence-electron chi connectivity index (χ2n) is 6.57. The van der Waals surface area contributed by atoms with Crippen LogP contribution in [0.25, 0.3) is 0 Å². The van der Waals surface area contributed by atoms with Gasteiger partial charge in [0, 0.05) is 25.2 Å². The molecule has 2 atom stereocenters. The van der Waals surface area contributed by atoms with Crippen molar-refractivity contribution in [1.82, 2.24) is 10.2 Å². The molecule has 0 aromatic carbocycles. The van der Waals surface area contributed by atoms with Crippen molar-refractivity contribution < 1.29 is 0 Å². The first-order valence-electron chi connectivity index (χ1n) is 9.29. The smallest absolute Gasteiger partial charge is 0.0218 e. The standard InChI is InChI=1S/C18H38N2/c1-4-7-8-9-10-11-12-14-20-16-17(13-5-2)19-15-18(20)6-3/h17-19H,4-16H2,1-3H3. The summed E-state index contributed by atoms with van der Waals surface area (Å²) in [5.74, 6) is 0. The van der Waals surface area contributed by atoms with E-state index in [0.717, 1.165) is 12.1 Å². The van der Waals surface area contributed by atoms with Gasteiger partial charge in [0.15, 0.2) is 0 Å². The van der Waals surface area contributed by atoms with Crippen molar-refractivity contribution in [3.05, 3.63) is 0 Å². The van der Waals surface area contributed by atoms with Crippen LogP contribution in [-0.4, -0.2) is 36.6 Å². The first-order valence-corrected chi connectivity index (χ1v) is 9.29. The first-order chi connectivity index (χ1) is 9.81. The Bertz CT molecular complexity index is 217. The van der Waals surface area contributed by atoms with Crippen molar-refractivity contribution in [2.75, 3.05) is 19.6 Å². The summed E-state index contributed by atoms with van der Waals surface area (Å²) in [5.41, 5.74) is 0. The van der Waals surface area contributed by atoms with E-state index in [1.807, 2.05) is 0 Å². The summed E-state index contributed by atoms with van der Waals surface area (Å²) in [7, 11) is 0. The monoisotopic (exact) mass is 282 g/mol. The lowest BCUT2D eigenvalue weighted by Crippen LogP contribution is -2.56. The molecule has 2 heteroatoms. The predicted molar refractivity (Wildman–Crippen MR) is 90.3 cm³/mol. The average molecular weight is 283 g/mol. The number of nitrogens with one attached hydrogen (secondary N) is 1. The van der Waals surface area contributed by atoms with Gasteiger partial charge in [0.1, 0.15) is 0 Å². The lowest BCUT2D eigenvalue weighted by molar-refractivity contribution is 0.120. The van der Waals surface area contributed by atoms with Gasteiger partial charge in [-0.2, -0.15) is 0 Å². The molecule has 1 aliphatic rings. The van der Waals surface area contributed by atoms with Crippen LogP contribution in [-0.2, 0) is 0 Å². The third-order valence-electron chi connectivity index (χ3n) is 4.77. The van der Waals surface area contributed by atoms with Crippen molar-refractivity contribution in [3.8, 4) is 0 Å². The Morgan fingerprint density at radius 1 is 0.900 bits per heavy atom. The van der Waals surface area contributed by atoms with Gasteiger partial charge in [-0.05, 0) is 25.8 Å². The van der Waals surface area contributed by atoms with Crippen LogP contribution in [0.2, 0.25) is 0 Å². The first kappa shape index (κ1) is 18.0. The Hall–Kier alpha value is -0.0800. The molecule has 0 saturated carbocycles. The molecule has 1 rings (SSSR count). The molecule has 1 heterocycles. The van der Waals surface area contributed by atoms with Crippen molar-refractivity contribution >= 4 is 0 Å². The summed E-state index contributed by atoms with van der Waals surface area (Å²) in [5, 5.41) is 3.73. The maximum Gasteiger partial charge on any atom is 0.0218 e. The van der Waals surface area contributed by atoms with Crippen molar-refractivity contribution in [3.63, 3.8) is 0 Å². The molecule has 0 amide bonds. The molecular weight excluding hydrogens is 244 g/mol. The fourth-order valence-corrected chi connectivity index (χ4v) is 3.42. The minimum Gasteiger partial charge on any atom is -0.311 e. The maximum atomic E-state index is 3.73. The van der Waals surface area contributed by atoms with E-state index >= 15 is 0 Å². The number of piperazine rings is 1. The van der Waals surface area contributed by atoms with Gasteiger partial charge in [0.2, 0.25) is 0 Å². The minimum absolute atomic E-state index is 0.743. The fraction of sp³-hybridized carbons (Fsp3) is 1.00. The normalized spacial score (nSPS) is 24.1. The highest BCUT2D eigenvalue weighted by molar-refractivity contribution is 4.85. The lowest BCUT2D eigenvalue weighted by Gasteiger charge is -2.40. The number of hydrogen-bond donors (Lipinski definition) is 1. The summed E-state index contributed by atoms with van der Waals surface area (Å²) >= 11 is 0. The Morgan fingerprint density at radius 3 is 2.25 bits per heavy atom. The molecule has 0 radical (unpaired) electrons. The summed E-state index contributed by atoms with van der Waals surface area (Å²) in [6.07, 6.45) is 13.9. The summed E-state index contributed by atoms with van der Waals surface area (Å²) in [6.45, 7) is 10.7. The van der Waals surface area contributed by atoms with E-state index in [1.54, 1.807) is 0 Å². The van der Waals surface area contributed by atoms with E-state index in [2.05, 4.69) is 31.0 Å². The van der Waals surface area contributed by atoms with Crippen LogP contribution in [0.5, 0.6) is 0 Å². The fourth-order valence-electron chi connectivity index (χ4n) is 3.42. The van der Waals surface area contributed by atoms with Crippen LogP contribution in [0.4, 0.5) is 0 Å². The van der Waals surface area contributed by atoms with Gasteiger partial charge in [0.25, 0.3) is 0 Å². The molecule has 0 aliphatic carbocycles. The van der Waals surface area contributed by atoms with Gasteiger partial charge >= 0.3 is 0 Å². The van der Waals surface area contributed by atoms with Crippen LogP contribution in [0.15, 0.2) is 0 Å². The Labute approximate surface area is 127 Å². The summed E-state index contributed by atoms with van der Waals surface area (Å²) < 4.78 is 0. The molecule has 1 saturated heterocycles. The van der Waals surface area contributed by atoms with Gasteiger partial charge in [-0.25, -0.2) is 0 Å². The molecule has 2 nitrogen and oxygen atoms in total. The second kappa shape index (κ2) is 11.6. The quantitative estimate of drug-likeness (QED) is 0.558. The maximum absolute atomic E-state index is 3.73. The van der Waals surface area contributed by atoms with Crippen molar-refractivity contribution in [1.29, 1.82) is 0 Å². The SMILES string of the molecule is CCCCCCCCCN1CC(CCC)NCC1CC. The molecule has 0 spiro atoms. The zero-order valence-electron chi connectivity index (χ0n) is 14.3. The van der Waals surface area contributed by atoms with Crippen LogP contribution in [0.3, 0.4) is 0 Å². The molecule has 1 N–H and O–H groups in total. The van der Waals surface area contributed by atoms with E-state index in [0.29, 0.717) is 0 Å². The molecular formula is C18H38N2. The highest BCUT2D eigenvalue weighted by Crippen LogP contribution is 2.15. The predicted octanol–water partition coefficient (Wildman–Crippen LogP) is 4.59.